The van der Waals surface area contributed by atoms with Crippen LogP contribution in [0.5, 0.6) is 5.75 Å². The molecule has 0 radical (unpaired) electrons. The smallest absolute Gasteiger partial charge is 0.317 e. The summed E-state index contributed by atoms with van der Waals surface area (Å²) in [5, 5.41) is 12.3. The lowest BCUT2D eigenvalue weighted by Gasteiger charge is -2.30. The van der Waals surface area contributed by atoms with Crippen LogP contribution in [0, 0.1) is 5.92 Å². The molecule has 0 bridgehead atoms. The van der Waals surface area contributed by atoms with E-state index in [4.69, 9.17) is 21.4 Å². The van der Waals surface area contributed by atoms with Gasteiger partial charge in [0.2, 0.25) is 0 Å². The van der Waals surface area contributed by atoms with Gasteiger partial charge >= 0.3 is 12.0 Å². The molecule has 2 N–H and O–H groups in total. The van der Waals surface area contributed by atoms with E-state index < -0.39 is 5.97 Å². The number of carboxylic acid groups (broad SMARTS) is 1. The van der Waals surface area contributed by atoms with Crippen molar-refractivity contribution in [3.8, 4) is 5.75 Å². The van der Waals surface area contributed by atoms with E-state index >= 15 is 0 Å². The Morgan fingerprint density at radius 2 is 2.09 bits per heavy atom. The first kappa shape index (κ1) is 16.4. The average Bonchev–Trinajstić information content (AvgIpc) is 2.52. The number of carbonyl (C=O) groups is 2. The molecule has 1 aliphatic rings. The molecule has 7 heteroatoms. The van der Waals surface area contributed by atoms with Gasteiger partial charge in [0.15, 0.2) is 0 Å². The van der Waals surface area contributed by atoms with E-state index in [1.807, 2.05) is 0 Å². The third-order valence-electron chi connectivity index (χ3n) is 3.80. The number of nitrogens with zero attached hydrogens (tertiary/aromatic N) is 1. The van der Waals surface area contributed by atoms with Gasteiger partial charge in [-0.15, -0.1) is 0 Å². The first-order chi connectivity index (χ1) is 10.5. The Balaban J connectivity index is 1.88. The van der Waals surface area contributed by atoms with Gasteiger partial charge in [0.25, 0.3) is 0 Å². The maximum absolute atomic E-state index is 12.1. The van der Waals surface area contributed by atoms with Crippen molar-refractivity contribution in [2.45, 2.75) is 19.4 Å². The van der Waals surface area contributed by atoms with Crippen LogP contribution in [0.25, 0.3) is 0 Å². The van der Waals surface area contributed by atoms with Gasteiger partial charge in [-0.25, -0.2) is 4.79 Å². The molecule has 0 unspecified atom stereocenters. The molecule has 0 atom stereocenters. The van der Waals surface area contributed by atoms with Crippen molar-refractivity contribution in [2.75, 3.05) is 20.2 Å². The summed E-state index contributed by atoms with van der Waals surface area (Å²) in [6.45, 7) is 1.21. The third-order valence-corrected chi connectivity index (χ3v) is 4.04. The van der Waals surface area contributed by atoms with Crippen LogP contribution in [0.4, 0.5) is 4.79 Å². The first-order valence-corrected chi connectivity index (χ1v) is 7.47. The molecule has 1 heterocycles. The second-order valence-electron chi connectivity index (χ2n) is 5.21. The molecule has 120 valence electrons. The van der Waals surface area contributed by atoms with Crippen molar-refractivity contribution in [1.29, 1.82) is 0 Å². The quantitative estimate of drug-likeness (QED) is 0.890. The molecule has 2 amide bonds. The molecule has 1 aliphatic heterocycles. The van der Waals surface area contributed by atoms with E-state index in [-0.39, 0.29) is 11.9 Å². The maximum Gasteiger partial charge on any atom is 0.317 e. The predicted molar refractivity (Wildman–Crippen MR) is 82.2 cm³/mol. The molecule has 2 rings (SSSR count). The van der Waals surface area contributed by atoms with Gasteiger partial charge in [-0.1, -0.05) is 11.6 Å². The molecule has 22 heavy (non-hydrogen) atoms. The maximum atomic E-state index is 12.1. The van der Waals surface area contributed by atoms with Crippen LogP contribution >= 0.6 is 11.6 Å². The first-order valence-electron chi connectivity index (χ1n) is 7.09. The zero-order chi connectivity index (χ0) is 16.1. The number of carbonyl (C=O) groups excluding carboxylic acids is 1. The largest absolute Gasteiger partial charge is 0.496 e. The minimum Gasteiger partial charge on any atom is -0.496 e. The molecule has 0 saturated carbocycles. The standard InChI is InChI=1S/C15H19ClN2O4/c1-22-13-3-2-12(16)8-11(13)9-17-15(21)18-6-4-10(5-7-18)14(19)20/h2-3,8,10H,4-7,9H2,1H3,(H,17,21)(H,19,20). The predicted octanol–water partition coefficient (Wildman–Crippen LogP) is 2.35. The minimum atomic E-state index is -0.788. The van der Waals surface area contributed by atoms with Crippen molar-refractivity contribution in [1.82, 2.24) is 10.2 Å². The van der Waals surface area contributed by atoms with E-state index in [0.29, 0.717) is 43.2 Å². The summed E-state index contributed by atoms with van der Waals surface area (Å²) in [5.41, 5.74) is 0.795. The highest BCUT2D eigenvalue weighted by Crippen LogP contribution is 2.22. The Morgan fingerprint density at radius 3 is 2.68 bits per heavy atom. The lowest BCUT2D eigenvalue weighted by Crippen LogP contribution is -2.45. The van der Waals surface area contributed by atoms with Crippen molar-refractivity contribution >= 4 is 23.6 Å². The van der Waals surface area contributed by atoms with Gasteiger partial charge in [0.1, 0.15) is 5.75 Å². The molecule has 0 aliphatic carbocycles. The highest BCUT2D eigenvalue weighted by atomic mass is 35.5. The van der Waals surface area contributed by atoms with Gasteiger partial charge < -0.3 is 20.1 Å². The zero-order valence-electron chi connectivity index (χ0n) is 12.3. The molecule has 1 saturated heterocycles. The van der Waals surface area contributed by atoms with Gasteiger partial charge in [0, 0.05) is 30.2 Å². The second-order valence-corrected chi connectivity index (χ2v) is 5.65. The lowest BCUT2D eigenvalue weighted by molar-refractivity contribution is -0.143. The Labute approximate surface area is 134 Å². The Morgan fingerprint density at radius 1 is 1.41 bits per heavy atom. The van der Waals surface area contributed by atoms with E-state index in [0.717, 1.165) is 5.56 Å². The monoisotopic (exact) mass is 326 g/mol. The van der Waals surface area contributed by atoms with Crippen LogP contribution in [0.2, 0.25) is 5.02 Å². The SMILES string of the molecule is COc1ccc(Cl)cc1CNC(=O)N1CCC(C(=O)O)CC1. The number of carboxylic acids is 1. The lowest BCUT2D eigenvalue weighted by atomic mass is 9.97. The summed E-state index contributed by atoms with van der Waals surface area (Å²) in [6.07, 6.45) is 0.979. The summed E-state index contributed by atoms with van der Waals surface area (Å²) < 4.78 is 5.23. The fourth-order valence-corrected chi connectivity index (χ4v) is 2.69. The number of benzene rings is 1. The number of hydrogen-bond donors (Lipinski definition) is 2. The Bertz CT molecular complexity index is 556. The number of ether oxygens (including phenoxy) is 1. The van der Waals surface area contributed by atoms with Crippen molar-refractivity contribution in [2.24, 2.45) is 5.92 Å². The highest BCUT2D eigenvalue weighted by molar-refractivity contribution is 6.30. The van der Waals surface area contributed by atoms with Gasteiger partial charge in [0.05, 0.1) is 13.0 Å². The number of hydrogen-bond acceptors (Lipinski definition) is 3. The number of halogens is 1. The summed E-state index contributed by atoms with van der Waals surface area (Å²) in [5.74, 6) is -0.477. The third kappa shape index (κ3) is 4.04. The number of urea groups is 1. The molecule has 1 aromatic rings. The van der Waals surface area contributed by atoms with Crippen LogP contribution in [0.3, 0.4) is 0 Å². The highest BCUT2D eigenvalue weighted by Gasteiger charge is 2.26. The number of methoxy groups -OCH3 is 1. The second kappa shape index (κ2) is 7.35. The summed E-state index contributed by atoms with van der Waals surface area (Å²) in [6, 6.07) is 5.02. The molecule has 6 nitrogen and oxygen atoms in total. The van der Waals surface area contributed by atoms with Crippen LogP contribution in [0.15, 0.2) is 18.2 Å². The average molecular weight is 327 g/mol. The van der Waals surface area contributed by atoms with Gasteiger partial charge in [-0.2, -0.15) is 0 Å². The molecule has 0 aromatic heterocycles. The van der Waals surface area contributed by atoms with E-state index in [9.17, 15) is 9.59 Å². The zero-order valence-corrected chi connectivity index (χ0v) is 13.1. The van der Waals surface area contributed by atoms with Crippen LogP contribution < -0.4 is 10.1 Å². The normalized spacial score (nSPS) is 15.5. The van der Waals surface area contributed by atoms with E-state index in [1.165, 1.54) is 0 Å². The molecule has 1 fully saturated rings. The molecule has 0 spiro atoms. The van der Waals surface area contributed by atoms with Gasteiger partial charge in [-0.3, -0.25) is 4.79 Å². The van der Waals surface area contributed by atoms with Crippen molar-refractivity contribution < 1.29 is 19.4 Å². The number of likely N-dealkylation sites (tertiary alicyclic amines) is 1. The number of rotatable bonds is 4. The molecular weight excluding hydrogens is 308 g/mol. The number of aliphatic carboxylic acids is 1. The van der Waals surface area contributed by atoms with Crippen molar-refractivity contribution in [3.63, 3.8) is 0 Å². The van der Waals surface area contributed by atoms with Crippen molar-refractivity contribution in [3.05, 3.63) is 28.8 Å². The topological polar surface area (TPSA) is 78.9 Å². The number of nitrogens with one attached hydrogen (secondary N) is 1. The fraction of sp³-hybridized carbons (Fsp3) is 0.467. The summed E-state index contributed by atoms with van der Waals surface area (Å²) in [4.78, 5) is 24.7. The Hall–Kier alpha value is -1.95. The number of piperidine rings is 1. The van der Waals surface area contributed by atoms with Crippen LogP contribution in [-0.2, 0) is 11.3 Å². The van der Waals surface area contributed by atoms with Crippen LogP contribution in [-0.4, -0.2) is 42.2 Å². The van der Waals surface area contributed by atoms with E-state index in [2.05, 4.69) is 5.32 Å². The fourth-order valence-electron chi connectivity index (χ4n) is 2.50. The number of amides is 2. The molecular formula is C15H19ClN2O4. The summed E-state index contributed by atoms with van der Waals surface area (Å²) >= 11 is 5.95. The van der Waals surface area contributed by atoms with Crippen LogP contribution in [0.1, 0.15) is 18.4 Å². The summed E-state index contributed by atoms with van der Waals surface area (Å²) in [7, 11) is 1.56. The Kier molecular flexibility index (Phi) is 5.49. The molecule has 1 aromatic carbocycles. The van der Waals surface area contributed by atoms with Gasteiger partial charge in [-0.05, 0) is 31.0 Å². The van der Waals surface area contributed by atoms with E-state index in [1.54, 1.807) is 30.2 Å². The minimum absolute atomic E-state index is 0.203.